The largest absolute Gasteiger partial charge is 0.462 e. The second-order valence-electron chi connectivity index (χ2n) is 5.69. The normalized spacial score (nSPS) is 10.7. The van der Waals surface area contributed by atoms with Crippen molar-refractivity contribution in [2.45, 2.75) is 20.8 Å². The lowest BCUT2D eigenvalue weighted by atomic mass is 10.0. The van der Waals surface area contributed by atoms with Crippen LogP contribution >= 0.6 is 11.3 Å². The highest BCUT2D eigenvalue weighted by molar-refractivity contribution is 7.16. The van der Waals surface area contributed by atoms with E-state index < -0.39 is 5.97 Å². The van der Waals surface area contributed by atoms with Crippen LogP contribution in [-0.2, 0) is 4.74 Å². The van der Waals surface area contributed by atoms with Crippen molar-refractivity contribution in [3.8, 4) is 0 Å². The van der Waals surface area contributed by atoms with E-state index in [9.17, 15) is 9.59 Å². The van der Waals surface area contributed by atoms with Crippen molar-refractivity contribution in [3.05, 3.63) is 64.0 Å². The van der Waals surface area contributed by atoms with Gasteiger partial charge in [0.05, 0.1) is 12.2 Å². The molecule has 0 atom stereocenters. The fourth-order valence-corrected chi connectivity index (χ4v) is 3.80. The molecule has 3 aromatic rings. The summed E-state index contributed by atoms with van der Waals surface area (Å²) in [5, 5.41) is 5.31. The number of hydrogen-bond acceptors (Lipinski definition) is 4. The minimum atomic E-state index is -0.405. The number of carbonyl (C=O) groups is 2. The van der Waals surface area contributed by atoms with E-state index in [0.29, 0.717) is 22.7 Å². The van der Waals surface area contributed by atoms with Gasteiger partial charge in [0.2, 0.25) is 0 Å². The monoisotopic (exact) mass is 353 g/mol. The van der Waals surface area contributed by atoms with Crippen LogP contribution in [0.15, 0.2) is 42.5 Å². The zero-order chi connectivity index (χ0) is 18.0. The molecule has 5 heteroatoms. The van der Waals surface area contributed by atoms with Crippen LogP contribution in [0.5, 0.6) is 0 Å². The van der Waals surface area contributed by atoms with E-state index in [-0.39, 0.29) is 5.91 Å². The number of fused-ring (bicyclic) bond motifs is 1. The van der Waals surface area contributed by atoms with Gasteiger partial charge in [0, 0.05) is 10.4 Å². The summed E-state index contributed by atoms with van der Waals surface area (Å²) in [4.78, 5) is 26.1. The molecule has 0 spiro atoms. The number of aryl methyl sites for hydroxylation is 1. The van der Waals surface area contributed by atoms with Crippen molar-refractivity contribution >= 4 is 39.0 Å². The van der Waals surface area contributed by atoms with E-state index in [0.717, 1.165) is 21.2 Å². The summed E-state index contributed by atoms with van der Waals surface area (Å²) in [6.07, 6.45) is 0. The second-order valence-corrected chi connectivity index (χ2v) is 6.91. The van der Waals surface area contributed by atoms with Crippen LogP contribution < -0.4 is 5.32 Å². The van der Waals surface area contributed by atoms with Crippen LogP contribution in [-0.4, -0.2) is 18.5 Å². The Morgan fingerprint density at radius 3 is 2.56 bits per heavy atom. The highest BCUT2D eigenvalue weighted by Gasteiger charge is 2.22. The third-order valence-corrected chi connectivity index (χ3v) is 5.25. The standard InChI is InChI=1S/C20H19NO3S/c1-4-24-20(23)17-12(2)13(3)25-19(17)21-18(22)16-11-7-9-14-8-5-6-10-15(14)16/h5-11H,4H2,1-3H3,(H,21,22). The first-order valence-corrected chi connectivity index (χ1v) is 8.90. The van der Waals surface area contributed by atoms with Crippen LogP contribution in [0.2, 0.25) is 0 Å². The highest BCUT2D eigenvalue weighted by atomic mass is 32.1. The predicted octanol–water partition coefficient (Wildman–Crippen LogP) is 4.95. The summed E-state index contributed by atoms with van der Waals surface area (Å²) in [6.45, 7) is 5.85. The van der Waals surface area contributed by atoms with Crippen LogP contribution in [0.25, 0.3) is 10.8 Å². The van der Waals surface area contributed by atoms with Crippen molar-refractivity contribution in [1.82, 2.24) is 0 Å². The number of amides is 1. The van der Waals surface area contributed by atoms with Gasteiger partial charge in [-0.1, -0.05) is 36.4 Å². The number of anilines is 1. The topological polar surface area (TPSA) is 55.4 Å². The summed E-state index contributed by atoms with van der Waals surface area (Å²) in [5.41, 5.74) is 1.87. The molecular weight excluding hydrogens is 334 g/mol. The maximum Gasteiger partial charge on any atom is 0.341 e. The van der Waals surface area contributed by atoms with Crippen LogP contribution in [0.4, 0.5) is 5.00 Å². The van der Waals surface area contributed by atoms with Crippen molar-refractivity contribution in [2.75, 3.05) is 11.9 Å². The van der Waals surface area contributed by atoms with E-state index in [1.54, 1.807) is 13.0 Å². The molecule has 0 aliphatic carbocycles. The predicted molar refractivity (Wildman–Crippen MR) is 102 cm³/mol. The Balaban J connectivity index is 1.98. The van der Waals surface area contributed by atoms with Crippen molar-refractivity contribution < 1.29 is 14.3 Å². The lowest BCUT2D eigenvalue weighted by Crippen LogP contribution is -2.15. The summed E-state index contributed by atoms with van der Waals surface area (Å²) < 4.78 is 5.14. The maximum atomic E-state index is 12.8. The van der Waals surface area contributed by atoms with Crippen LogP contribution in [0, 0.1) is 13.8 Å². The summed E-state index contributed by atoms with van der Waals surface area (Å²) in [5.74, 6) is -0.638. The van der Waals surface area contributed by atoms with Crippen LogP contribution in [0.3, 0.4) is 0 Å². The Bertz CT molecular complexity index is 953. The first-order chi connectivity index (χ1) is 12.0. The fourth-order valence-electron chi connectivity index (χ4n) is 2.76. The van der Waals surface area contributed by atoms with E-state index >= 15 is 0 Å². The van der Waals surface area contributed by atoms with Gasteiger partial charge in [-0.05, 0) is 43.2 Å². The Labute approximate surface area is 150 Å². The van der Waals surface area contributed by atoms with Gasteiger partial charge in [-0.3, -0.25) is 4.79 Å². The third kappa shape index (κ3) is 3.28. The molecule has 1 heterocycles. The smallest absolute Gasteiger partial charge is 0.341 e. The van der Waals surface area contributed by atoms with E-state index in [2.05, 4.69) is 5.32 Å². The number of nitrogens with one attached hydrogen (secondary N) is 1. The van der Waals surface area contributed by atoms with E-state index in [4.69, 9.17) is 4.74 Å². The zero-order valence-corrected chi connectivity index (χ0v) is 15.2. The molecule has 2 aromatic carbocycles. The van der Waals surface area contributed by atoms with Gasteiger partial charge in [-0.15, -0.1) is 11.3 Å². The Morgan fingerprint density at radius 1 is 1.08 bits per heavy atom. The molecule has 128 valence electrons. The first-order valence-electron chi connectivity index (χ1n) is 8.09. The molecule has 0 unspecified atom stereocenters. The van der Waals surface area contributed by atoms with Crippen molar-refractivity contribution in [3.63, 3.8) is 0 Å². The molecule has 0 bridgehead atoms. The average molecular weight is 353 g/mol. The molecule has 25 heavy (non-hydrogen) atoms. The Morgan fingerprint density at radius 2 is 1.80 bits per heavy atom. The molecule has 1 N–H and O–H groups in total. The zero-order valence-electron chi connectivity index (χ0n) is 14.4. The molecule has 4 nitrogen and oxygen atoms in total. The van der Waals surface area contributed by atoms with Gasteiger partial charge < -0.3 is 10.1 Å². The number of ether oxygens (including phenoxy) is 1. The van der Waals surface area contributed by atoms with Gasteiger partial charge in [0.15, 0.2) is 0 Å². The molecule has 1 amide bonds. The van der Waals surface area contributed by atoms with Gasteiger partial charge in [0.1, 0.15) is 5.00 Å². The number of hydrogen-bond donors (Lipinski definition) is 1. The molecule has 0 saturated carbocycles. The molecule has 0 fully saturated rings. The Hall–Kier alpha value is -2.66. The number of esters is 1. The van der Waals surface area contributed by atoms with Crippen molar-refractivity contribution in [2.24, 2.45) is 0 Å². The minimum Gasteiger partial charge on any atom is -0.462 e. The first kappa shape index (κ1) is 17.2. The van der Waals surface area contributed by atoms with Crippen molar-refractivity contribution in [1.29, 1.82) is 0 Å². The van der Waals surface area contributed by atoms with Gasteiger partial charge >= 0.3 is 5.97 Å². The summed E-state index contributed by atoms with van der Waals surface area (Å²) >= 11 is 1.39. The molecule has 0 radical (unpaired) electrons. The van der Waals surface area contributed by atoms with Gasteiger partial charge in [-0.2, -0.15) is 0 Å². The van der Waals surface area contributed by atoms with Crippen LogP contribution in [0.1, 0.15) is 38.1 Å². The quantitative estimate of drug-likeness (QED) is 0.675. The van der Waals surface area contributed by atoms with Gasteiger partial charge in [0.25, 0.3) is 5.91 Å². The minimum absolute atomic E-state index is 0.233. The molecule has 0 aliphatic rings. The molecule has 0 saturated heterocycles. The number of carbonyl (C=O) groups excluding carboxylic acids is 2. The number of thiophene rings is 1. The number of benzene rings is 2. The highest BCUT2D eigenvalue weighted by Crippen LogP contribution is 2.33. The Kier molecular flexibility index (Phi) is 4.86. The molecular formula is C20H19NO3S. The fraction of sp³-hybridized carbons (Fsp3) is 0.200. The average Bonchev–Trinajstić information content (AvgIpc) is 2.88. The molecule has 0 aliphatic heterocycles. The molecule has 3 rings (SSSR count). The summed E-state index contributed by atoms with van der Waals surface area (Å²) in [7, 11) is 0. The lowest BCUT2D eigenvalue weighted by molar-refractivity contribution is 0.0527. The number of rotatable bonds is 4. The van der Waals surface area contributed by atoms with E-state index in [1.807, 2.05) is 50.2 Å². The maximum absolute atomic E-state index is 12.8. The van der Waals surface area contributed by atoms with Gasteiger partial charge in [-0.25, -0.2) is 4.79 Å². The third-order valence-electron chi connectivity index (χ3n) is 4.13. The van der Waals surface area contributed by atoms with E-state index in [1.165, 1.54) is 11.3 Å². The second kappa shape index (κ2) is 7.07. The summed E-state index contributed by atoms with van der Waals surface area (Å²) in [6, 6.07) is 13.3. The SMILES string of the molecule is CCOC(=O)c1c(NC(=O)c2cccc3ccccc23)sc(C)c1C. The molecule has 1 aromatic heterocycles. The lowest BCUT2D eigenvalue weighted by Gasteiger charge is -2.09.